The van der Waals surface area contributed by atoms with Gasteiger partial charge in [0, 0.05) is 13.1 Å². The number of hydrogen-bond acceptors (Lipinski definition) is 2. The van der Waals surface area contributed by atoms with Crippen LogP contribution in [0.25, 0.3) is 0 Å². The lowest BCUT2D eigenvalue weighted by Gasteiger charge is -2.34. The van der Waals surface area contributed by atoms with Crippen molar-refractivity contribution in [2.24, 2.45) is 5.92 Å². The molecular formula is C17H24ClFN2O. The number of carbonyl (C=O) groups is 1. The van der Waals surface area contributed by atoms with Crippen molar-refractivity contribution in [3.05, 3.63) is 35.6 Å². The first-order valence-corrected chi connectivity index (χ1v) is 7.86. The van der Waals surface area contributed by atoms with Crippen molar-refractivity contribution in [3.8, 4) is 0 Å². The third-order valence-electron chi connectivity index (χ3n) is 4.95. The molecule has 1 aliphatic heterocycles. The van der Waals surface area contributed by atoms with E-state index >= 15 is 0 Å². The Kier molecular flexibility index (Phi) is 5.45. The number of nitrogens with one attached hydrogen (secondary N) is 1. The maximum atomic E-state index is 13.1. The van der Waals surface area contributed by atoms with E-state index < -0.39 is 0 Å². The number of piperidine rings is 1. The minimum atomic E-state index is -0.358. The monoisotopic (exact) mass is 326 g/mol. The van der Waals surface area contributed by atoms with Crippen molar-refractivity contribution in [1.29, 1.82) is 0 Å². The molecule has 0 spiro atoms. The van der Waals surface area contributed by atoms with Crippen LogP contribution >= 0.6 is 12.4 Å². The topological polar surface area (TPSA) is 32.3 Å². The largest absolute Gasteiger partial charge is 0.342 e. The summed E-state index contributed by atoms with van der Waals surface area (Å²) in [6.07, 6.45) is 3.94. The quantitative estimate of drug-likeness (QED) is 0.922. The van der Waals surface area contributed by atoms with Crippen LogP contribution in [0.5, 0.6) is 0 Å². The lowest BCUT2D eigenvalue weighted by atomic mass is 9.91. The molecule has 22 heavy (non-hydrogen) atoms. The van der Waals surface area contributed by atoms with Gasteiger partial charge < -0.3 is 10.2 Å². The fraction of sp³-hybridized carbons (Fsp3) is 0.588. The normalized spacial score (nSPS) is 20.4. The number of carbonyl (C=O) groups excluding carboxylic acids is 1. The first-order chi connectivity index (χ1) is 10.2. The fourth-order valence-electron chi connectivity index (χ4n) is 3.45. The summed E-state index contributed by atoms with van der Waals surface area (Å²) in [5.41, 5.74) is 0.620. The maximum Gasteiger partial charge on any atom is 0.233 e. The van der Waals surface area contributed by atoms with Crippen LogP contribution in [0.4, 0.5) is 4.39 Å². The molecule has 0 unspecified atom stereocenters. The third-order valence-corrected chi connectivity index (χ3v) is 4.95. The lowest BCUT2D eigenvalue weighted by molar-refractivity contribution is -0.135. The first kappa shape index (κ1) is 17.2. The van der Waals surface area contributed by atoms with Crippen LogP contribution < -0.4 is 5.32 Å². The molecule has 1 N–H and O–H groups in total. The van der Waals surface area contributed by atoms with Crippen LogP contribution in [-0.4, -0.2) is 37.5 Å². The predicted octanol–water partition coefficient (Wildman–Crippen LogP) is 2.74. The molecule has 2 fully saturated rings. The highest BCUT2D eigenvalue weighted by Gasteiger charge is 2.53. The van der Waals surface area contributed by atoms with Crippen molar-refractivity contribution < 1.29 is 9.18 Å². The van der Waals surface area contributed by atoms with Crippen LogP contribution in [0, 0.1) is 11.7 Å². The van der Waals surface area contributed by atoms with Crippen LogP contribution in [0.3, 0.4) is 0 Å². The minimum Gasteiger partial charge on any atom is -0.342 e. The molecule has 122 valence electrons. The van der Waals surface area contributed by atoms with Gasteiger partial charge in [-0.3, -0.25) is 4.79 Å². The van der Waals surface area contributed by atoms with Gasteiger partial charge in [0.2, 0.25) is 5.91 Å². The molecule has 3 nitrogen and oxygen atoms in total. The van der Waals surface area contributed by atoms with Gasteiger partial charge in [-0.1, -0.05) is 12.1 Å². The van der Waals surface area contributed by atoms with Crippen molar-refractivity contribution in [2.45, 2.75) is 31.1 Å². The molecule has 0 bridgehead atoms. The Bertz CT molecular complexity index is 508. The van der Waals surface area contributed by atoms with Crippen molar-refractivity contribution in [3.63, 3.8) is 0 Å². The van der Waals surface area contributed by atoms with Crippen LogP contribution in [-0.2, 0) is 10.2 Å². The van der Waals surface area contributed by atoms with E-state index in [-0.39, 0.29) is 29.5 Å². The lowest BCUT2D eigenvalue weighted by Crippen LogP contribution is -2.45. The zero-order chi connectivity index (χ0) is 14.9. The summed E-state index contributed by atoms with van der Waals surface area (Å²) in [5.74, 6) is 0.687. The molecule has 2 aliphatic rings. The Morgan fingerprint density at radius 2 is 1.86 bits per heavy atom. The van der Waals surface area contributed by atoms with Crippen molar-refractivity contribution in [1.82, 2.24) is 10.2 Å². The summed E-state index contributed by atoms with van der Waals surface area (Å²) in [6, 6.07) is 6.46. The second-order valence-electron chi connectivity index (χ2n) is 6.38. The van der Waals surface area contributed by atoms with Gasteiger partial charge in [0.15, 0.2) is 0 Å². The standard InChI is InChI=1S/C17H23FN2O.ClH/c1-19-12-13-6-10-20(11-7-13)16(21)17(8-9-17)14-2-4-15(18)5-3-14;/h2-5,13,19H,6-12H2,1H3;1H. The van der Waals surface area contributed by atoms with Crippen LogP contribution in [0.1, 0.15) is 31.2 Å². The molecule has 1 saturated heterocycles. The van der Waals surface area contributed by atoms with Crippen molar-refractivity contribution in [2.75, 3.05) is 26.7 Å². The SMILES string of the molecule is CNCC1CCN(C(=O)C2(c3ccc(F)cc3)CC2)CC1.Cl. The Balaban J connectivity index is 0.00000176. The molecule has 0 atom stereocenters. The summed E-state index contributed by atoms with van der Waals surface area (Å²) >= 11 is 0. The summed E-state index contributed by atoms with van der Waals surface area (Å²) in [5, 5.41) is 3.22. The van der Waals surface area contributed by atoms with E-state index in [1.807, 2.05) is 11.9 Å². The minimum absolute atomic E-state index is 0. The molecule has 1 saturated carbocycles. The molecule has 1 amide bonds. The van der Waals surface area contributed by atoms with Gasteiger partial charge in [0.05, 0.1) is 5.41 Å². The van der Waals surface area contributed by atoms with Gasteiger partial charge in [-0.05, 0) is 62.9 Å². The highest BCUT2D eigenvalue weighted by atomic mass is 35.5. The zero-order valence-corrected chi connectivity index (χ0v) is 13.8. The van der Waals surface area contributed by atoms with Gasteiger partial charge in [0.25, 0.3) is 0 Å². The summed E-state index contributed by atoms with van der Waals surface area (Å²) < 4.78 is 13.1. The summed E-state index contributed by atoms with van der Waals surface area (Å²) in [4.78, 5) is 14.9. The van der Waals surface area contributed by atoms with Crippen LogP contribution in [0.15, 0.2) is 24.3 Å². The molecule has 1 aliphatic carbocycles. The molecule has 0 aromatic heterocycles. The second-order valence-corrected chi connectivity index (χ2v) is 6.38. The zero-order valence-electron chi connectivity index (χ0n) is 13.0. The van der Waals surface area contributed by atoms with E-state index in [4.69, 9.17) is 0 Å². The maximum absolute atomic E-state index is 13.1. The smallest absolute Gasteiger partial charge is 0.233 e. The molecule has 3 rings (SSSR count). The van der Waals surface area contributed by atoms with Gasteiger partial charge in [-0.2, -0.15) is 0 Å². The molecule has 0 radical (unpaired) electrons. The van der Waals surface area contributed by atoms with E-state index in [9.17, 15) is 9.18 Å². The Morgan fingerprint density at radius 1 is 1.27 bits per heavy atom. The number of benzene rings is 1. The predicted molar refractivity (Wildman–Crippen MR) is 87.8 cm³/mol. The highest BCUT2D eigenvalue weighted by Crippen LogP contribution is 2.50. The fourth-order valence-corrected chi connectivity index (χ4v) is 3.45. The second kappa shape index (κ2) is 6.97. The average molecular weight is 327 g/mol. The number of amides is 1. The van der Waals surface area contributed by atoms with Crippen LogP contribution in [0.2, 0.25) is 0 Å². The Morgan fingerprint density at radius 3 is 2.36 bits per heavy atom. The third kappa shape index (κ3) is 3.28. The Labute approximate surface area is 137 Å². The van der Waals surface area contributed by atoms with E-state index in [0.29, 0.717) is 5.92 Å². The number of nitrogens with zero attached hydrogens (tertiary/aromatic N) is 1. The van der Waals surface area contributed by atoms with Gasteiger partial charge in [0.1, 0.15) is 5.82 Å². The van der Waals surface area contributed by atoms with E-state index in [1.54, 1.807) is 12.1 Å². The number of likely N-dealkylation sites (tertiary alicyclic amines) is 1. The number of rotatable bonds is 4. The highest BCUT2D eigenvalue weighted by molar-refractivity contribution is 5.91. The van der Waals surface area contributed by atoms with E-state index in [0.717, 1.165) is 50.9 Å². The molecule has 1 aromatic rings. The molecule has 1 aromatic carbocycles. The van der Waals surface area contributed by atoms with Crippen molar-refractivity contribution >= 4 is 18.3 Å². The first-order valence-electron chi connectivity index (χ1n) is 7.86. The average Bonchev–Trinajstić information content (AvgIpc) is 3.30. The summed E-state index contributed by atoms with van der Waals surface area (Å²) in [7, 11) is 1.98. The number of halogens is 2. The molecular weight excluding hydrogens is 303 g/mol. The van der Waals surface area contributed by atoms with Gasteiger partial charge >= 0.3 is 0 Å². The summed E-state index contributed by atoms with van der Waals surface area (Å²) in [6.45, 7) is 2.74. The van der Waals surface area contributed by atoms with E-state index in [2.05, 4.69) is 5.32 Å². The van der Waals surface area contributed by atoms with Gasteiger partial charge in [-0.15, -0.1) is 12.4 Å². The molecule has 1 heterocycles. The van der Waals surface area contributed by atoms with Gasteiger partial charge in [-0.25, -0.2) is 4.39 Å². The molecule has 5 heteroatoms. The Hall–Kier alpha value is -1.13. The van der Waals surface area contributed by atoms with E-state index in [1.165, 1.54) is 12.1 Å². The number of hydrogen-bond donors (Lipinski definition) is 1.